The van der Waals surface area contributed by atoms with Crippen molar-refractivity contribution >= 4 is 120 Å². The zero-order valence-electron chi connectivity index (χ0n) is 51.3. The summed E-state index contributed by atoms with van der Waals surface area (Å²) in [6.07, 6.45) is 0. The van der Waals surface area contributed by atoms with Crippen LogP contribution in [0.4, 0.5) is 0 Å². The zero-order valence-corrected chi connectivity index (χ0v) is 51.3. The third-order valence-electron chi connectivity index (χ3n) is 19.6. The molecule has 4 heteroatoms. The first-order chi connectivity index (χ1) is 46.7. The fourth-order valence-corrected chi connectivity index (χ4v) is 15.5. The van der Waals surface area contributed by atoms with Crippen LogP contribution >= 0.6 is 0 Å². The average Bonchev–Trinajstić information content (AvgIpc) is 1.51. The molecular formula is C90H58N4. The quantitative estimate of drug-likeness (QED) is 0.142. The molecule has 0 bridgehead atoms. The van der Waals surface area contributed by atoms with Crippen molar-refractivity contribution < 1.29 is 0 Å². The first-order valence-corrected chi connectivity index (χ1v) is 32.4. The Kier molecular flexibility index (Phi) is 12.3. The highest BCUT2D eigenvalue weighted by atomic mass is 15.0. The summed E-state index contributed by atoms with van der Waals surface area (Å²) in [4.78, 5) is 0. The second-order valence-electron chi connectivity index (χ2n) is 24.7. The highest BCUT2D eigenvalue weighted by Crippen LogP contribution is 2.46. The molecule has 0 aliphatic rings. The number of fused-ring (bicyclic) bond motifs is 20. The van der Waals surface area contributed by atoms with Crippen LogP contribution in [0.15, 0.2) is 352 Å². The predicted molar refractivity (Wildman–Crippen MR) is 399 cm³/mol. The lowest BCUT2D eigenvalue weighted by Crippen LogP contribution is -1.94. The number of para-hydroxylation sites is 6. The van der Waals surface area contributed by atoms with Crippen LogP contribution in [0.25, 0.3) is 176 Å². The fourth-order valence-electron chi connectivity index (χ4n) is 15.5. The van der Waals surface area contributed by atoms with Gasteiger partial charge in [-0.2, -0.15) is 0 Å². The summed E-state index contributed by atoms with van der Waals surface area (Å²) < 4.78 is 9.69. The van der Waals surface area contributed by atoms with E-state index in [4.69, 9.17) is 0 Å². The lowest BCUT2D eigenvalue weighted by atomic mass is 9.92. The molecule has 94 heavy (non-hydrogen) atoms. The van der Waals surface area contributed by atoms with Crippen LogP contribution in [0, 0.1) is 0 Å². The fraction of sp³-hybridized carbons (Fsp3) is 0. The lowest BCUT2D eigenvalue weighted by Gasteiger charge is -2.12. The molecule has 0 fully saturated rings. The number of hydrogen-bond acceptors (Lipinski definition) is 0. The summed E-state index contributed by atoms with van der Waals surface area (Å²) >= 11 is 0. The molecule has 20 rings (SSSR count). The van der Waals surface area contributed by atoms with Crippen molar-refractivity contribution in [2.45, 2.75) is 0 Å². The first kappa shape index (κ1) is 53.3. The Morgan fingerprint density at radius 1 is 0.128 bits per heavy atom. The van der Waals surface area contributed by atoms with Crippen LogP contribution in [-0.4, -0.2) is 18.3 Å². The molecule has 0 amide bonds. The number of aromatic nitrogens is 4. The summed E-state index contributed by atoms with van der Waals surface area (Å²) in [5.41, 5.74) is 21.7. The van der Waals surface area contributed by atoms with Crippen molar-refractivity contribution in [1.29, 1.82) is 0 Å². The minimum Gasteiger partial charge on any atom is -0.309 e. The van der Waals surface area contributed by atoms with Gasteiger partial charge in [-0.15, -0.1) is 0 Å². The van der Waals surface area contributed by atoms with E-state index >= 15 is 0 Å². The van der Waals surface area contributed by atoms with E-state index in [1.54, 1.807) is 0 Å². The Morgan fingerprint density at radius 3 is 0.745 bits per heavy atom. The molecule has 4 nitrogen and oxygen atoms in total. The summed E-state index contributed by atoms with van der Waals surface area (Å²) in [5.74, 6) is 0. The van der Waals surface area contributed by atoms with E-state index in [1.165, 1.54) is 164 Å². The van der Waals surface area contributed by atoms with Gasteiger partial charge in [-0.05, 0) is 169 Å². The van der Waals surface area contributed by atoms with Gasteiger partial charge < -0.3 is 18.3 Å². The van der Waals surface area contributed by atoms with Gasteiger partial charge in [-0.1, -0.05) is 249 Å². The Morgan fingerprint density at radius 2 is 0.362 bits per heavy atom. The van der Waals surface area contributed by atoms with Crippen LogP contribution in [0.3, 0.4) is 0 Å². The maximum atomic E-state index is 2.45. The maximum absolute atomic E-state index is 2.45. The Bertz CT molecular complexity index is 6320. The smallest absolute Gasteiger partial charge is 0.0548 e. The highest BCUT2D eigenvalue weighted by Gasteiger charge is 2.24. The molecule has 20 aromatic rings. The van der Waals surface area contributed by atoms with Crippen LogP contribution in [-0.2, 0) is 0 Å². The first-order valence-electron chi connectivity index (χ1n) is 32.4. The lowest BCUT2D eigenvalue weighted by molar-refractivity contribution is 1.17. The van der Waals surface area contributed by atoms with Crippen LogP contribution < -0.4 is 0 Å². The Balaban J connectivity index is 0.000000135. The average molecular weight is 1200 g/mol. The van der Waals surface area contributed by atoms with E-state index in [0.29, 0.717) is 0 Å². The SMILES string of the molecule is c1ccc(-c2ccc(-c3ccc4c5c6c7ccccc7n(-c7ccccc7)c6ccc5n(-c5ccccc5)c4c3)cc2)cc1.c1ccc(-n2c3ccccc3c3c4c5ccc(-c6ccc7c8ccccc8c8ccccc8c7c6)cc5n(-c5ccccc5)c4ccc32)cc1. The van der Waals surface area contributed by atoms with Gasteiger partial charge >= 0.3 is 0 Å². The highest BCUT2D eigenvalue weighted by molar-refractivity contribution is 6.31. The van der Waals surface area contributed by atoms with Gasteiger partial charge in [-0.3, -0.25) is 0 Å². The van der Waals surface area contributed by atoms with Gasteiger partial charge in [0.1, 0.15) is 0 Å². The van der Waals surface area contributed by atoms with E-state index in [9.17, 15) is 0 Å². The summed E-state index contributed by atoms with van der Waals surface area (Å²) in [5, 5.41) is 18.0. The van der Waals surface area contributed by atoms with Gasteiger partial charge in [0.15, 0.2) is 0 Å². The second-order valence-corrected chi connectivity index (χ2v) is 24.7. The Labute approximate surface area is 542 Å². The molecule has 0 saturated carbocycles. The second kappa shape index (κ2) is 21.6. The number of benzene rings is 16. The van der Waals surface area contributed by atoms with Crippen molar-refractivity contribution in [2.75, 3.05) is 0 Å². The summed E-state index contributed by atoms with van der Waals surface area (Å²) in [6, 6.07) is 128. The van der Waals surface area contributed by atoms with Crippen LogP contribution in [0.5, 0.6) is 0 Å². The van der Waals surface area contributed by atoms with E-state index in [2.05, 4.69) is 370 Å². The number of rotatable bonds is 7. The summed E-state index contributed by atoms with van der Waals surface area (Å²) in [6.45, 7) is 0. The van der Waals surface area contributed by atoms with E-state index in [0.717, 1.165) is 11.4 Å². The topological polar surface area (TPSA) is 19.7 Å². The van der Waals surface area contributed by atoms with Gasteiger partial charge in [0.2, 0.25) is 0 Å². The van der Waals surface area contributed by atoms with Gasteiger partial charge in [0, 0.05) is 65.8 Å². The minimum absolute atomic E-state index is 1.16. The predicted octanol–water partition coefficient (Wildman–Crippen LogP) is 24.2. The molecule has 0 aliphatic heterocycles. The minimum atomic E-state index is 1.16. The molecule has 4 aromatic heterocycles. The molecular weight excluding hydrogens is 1140 g/mol. The van der Waals surface area contributed by atoms with Crippen molar-refractivity contribution in [3.63, 3.8) is 0 Å². The van der Waals surface area contributed by atoms with Crippen molar-refractivity contribution in [3.8, 4) is 56.1 Å². The molecule has 0 unspecified atom stereocenters. The molecule has 0 N–H and O–H groups in total. The third-order valence-corrected chi connectivity index (χ3v) is 19.6. The van der Waals surface area contributed by atoms with Crippen molar-refractivity contribution in [2.24, 2.45) is 0 Å². The van der Waals surface area contributed by atoms with Gasteiger partial charge in [0.25, 0.3) is 0 Å². The van der Waals surface area contributed by atoms with Crippen molar-refractivity contribution in [3.05, 3.63) is 352 Å². The van der Waals surface area contributed by atoms with E-state index in [-0.39, 0.29) is 0 Å². The van der Waals surface area contributed by atoms with Crippen LogP contribution in [0.1, 0.15) is 0 Å². The van der Waals surface area contributed by atoms with E-state index < -0.39 is 0 Å². The molecule has 0 radical (unpaired) electrons. The number of nitrogens with zero attached hydrogens (tertiary/aromatic N) is 4. The standard InChI is InChI=1S/C48H30N2.C42H28N2/c1-3-13-33(14-4-1)49-43-22-12-11-21-40(43)47-44(49)27-28-45-48(47)41-26-24-32(30-46(41)50(45)34-15-5-2-6-16-34)31-23-25-39-37-19-8-7-17-35(37)36-18-9-10-20-38(36)42(39)29-31;1-4-12-29(13-5-1)30-20-22-31(23-21-30)32-24-25-36-40(28-32)44(34-16-8-3-9-17-34)39-27-26-38-41(42(36)39)35-18-10-11-19-37(35)43(38)33-14-6-2-7-15-33/h1-30H;1-28H. The van der Waals surface area contributed by atoms with Crippen molar-refractivity contribution in [1.82, 2.24) is 18.3 Å². The number of hydrogen-bond donors (Lipinski definition) is 0. The zero-order chi connectivity index (χ0) is 61.8. The van der Waals surface area contributed by atoms with Gasteiger partial charge in [0.05, 0.1) is 44.1 Å². The molecule has 0 aliphatic carbocycles. The van der Waals surface area contributed by atoms with E-state index in [1.807, 2.05) is 0 Å². The largest absolute Gasteiger partial charge is 0.309 e. The monoisotopic (exact) mass is 1190 g/mol. The molecule has 438 valence electrons. The molecule has 16 aromatic carbocycles. The van der Waals surface area contributed by atoms with Gasteiger partial charge in [-0.25, -0.2) is 0 Å². The molecule has 0 spiro atoms. The molecule has 4 heterocycles. The molecule has 0 saturated heterocycles. The maximum Gasteiger partial charge on any atom is 0.0548 e. The Hall–Kier alpha value is -12.5. The summed E-state index contributed by atoms with van der Waals surface area (Å²) in [7, 11) is 0. The molecule has 0 atom stereocenters. The normalized spacial score (nSPS) is 11.8. The van der Waals surface area contributed by atoms with Crippen LogP contribution in [0.2, 0.25) is 0 Å². The third kappa shape index (κ3) is 8.33.